The van der Waals surface area contributed by atoms with E-state index in [1.54, 1.807) is 18.2 Å². The van der Waals surface area contributed by atoms with Crippen LogP contribution in [0.25, 0.3) is 0 Å². The topological polar surface area (TPSA) is 26.0 Å². The molecule has 1 fully saturated rings. The highest BCUT2D eigenvalue weighted by Crippen LogP contribution is 2.43. The molecule has 1 aliphatic rings. The highest BCUT2D eigenvalue weighted by atomic mass is 35.5. The van der Waals surface area contributed by atoms with Gasteiger partial charge in [0.1, 0.15) is 0 Å². The molecule has 0 bridgehead atoms. The Bertz CT molecular complexity index is 417. The third kappa shape index (κ3) is 3.14. The van der Waals surface area contributed by atoms with E-state index in [2.05, 4.69) is 0 Å². The van der Waals surface area contributed by atoms with Crippen LogP contribution in [0.4, 0.5) is 8.78 Å². The third-order valence-corrected chi connectivity index (χ3v) is 4.12. The van der Waals surface area contributed by atoms with Gasteiger partial charge in [-0.3, -0.25) is 0 Å². The van der Waals surface area contributed by atoms with Crippen molar-refractivity contribution < 1.29 is 8.78 Å². The predicted molar refractivity (Wildman–Crippen MR) is 70.3 cm³/mol. The molecule has 1 nitrogen and oxygen atoms in total. The van der Waals surface area contributed by atoms with Crippen LogP contribution >= 0.6 is 23.2 Å². The maximum Gasteiger partial charge on any atom is 0.248 e. The van der Waals surface area contributed by atoms with Crippen molar-refractivity contribution in [1.29, 1.82) is 0 Å². The average molecular weight is 294 g/mol. The summed E-state index contributed by atoms with van der Waals surface area (Å²) in [6, 6.07) is 4.78. The van der Waals surface area contributed by atoms with Crippen molar-refractivity contribution in [3.05, 3.63) is 33.8 Å². The Labute approximate surface area is 115 Å². The standard InChI is InChI=1S/C13H15Cl2F2N/c14-9-2-1-3-10(15)12(9)11(18)6-8-4-5-13(16,17)7-8/h1-3,8,11H,4-7,18H2. The van der Waals surface area contributed by atoms with Crippen LogP contribution < -0.4 is 5.73 Å². The highest BCUT2D eigenvalue weighted by molar-refractivity contribution is 6.36. The summed E-state index contributed by atoms with van der Waals surface area (Å²) >= 11 is 12.1. The molecule has 1 saturated carbocycles. The summed E-state index contributed by atoms with van der Waals surface area (Å²) in [4.78, 5) is 0. The lowest BCUT2D eigenvalue weighted by molar-refractivity contribution is 0.00447. The lowest BCUT2D eigenvalue weighted by Gasteiger charge is -2.19. The van der Waals surface area contributed by atoms with Crippen LogP contribution in [0, 0.1) is 5.92 Å². The van der Waals surface area contributed by atoms with Gasteiger partial charge >= 0.3 is 0 Å². The Hall–Kier alpha value is -0.380. The van der Waals surface area contributed by atoms with E-state index < -0.39 is 5.92 Å². The predicted octanol–water partition coefficient (Wildman–Crippen LogP) is 4.82. The largest absolute Gasteiger partial charge is 0.324 e. The van der Waals surface area contributed by atoms with Crippen LogP contribution in [-0.2, 0) is 0 Å². The minimum absolute atomic E-state index is 0.0410. The van der Waals surface area contributed by atoms with Crippen LogP contribution in [-0.4, -0.2) is 5.92 Å². The normalized spacial score (nSPS) is 24.2. The van der Waals surface area contributed by atoms with Gasteiger partial charge < -0.3 is 5.73 Å². The third-order valence-electron chi connectivity index (χ3n) is 3.46. The van der Waals surface area contributed by atoms with Crippen LogP contribution in [0.15, 0.2) is 18.2 Å². The molecule has 1 aromatic rings. The van der Waals surface area contributed by atoms with E-state index in [-0.39, 0.29) is 24.8 Å². The second-order valence-corrected chi connectivity index (χ2v) is 5.76. The Morgan fingerprint density at radius 2 is 1.94 bits per heavy atom. The Balaban J connectivity index is 2.07. The van der Waals surface area contributed by atoms with Crippen molar-refractivity contribution in [2.45, 2.75) is 37.6 Å². The molecule has 5 heteroatoms. The lowest BCUT2D eigenvalue weighted by atomic mass is 9.94. The van der Waals surface area contributed by atoms with Crippen LogP contribution in [0.3, 0.4) is 0 Å². The van der Waals surface area contributed by atoms with Gasteiger partial charge in [0.05, 0.1) is 0 Å². The minimum atomic E-state index is -2.53. The van der Waals surface area contributed by atoms with Crippen molar-refractivity contribution in [3.63, 3.8) is 0 Å². The Morgan fingerprint density at radius 3 is 2.44 bits per heavy atom. The number of hydrogen-bond donors (Lipinski definition) is 1. The maximum atomic E-state index is 13.1. The number of rotatable bonds is 3. The van der Waals surface area contributed by atoms with Gasteiger partial charge in [0.25, 0.3) is 0 Å². The average Bonchev–Trinajstić information content (AvgIpc) is 2.57. The highest BCUT2D eigenvalue weighted by Gasteiger charge is 2.39. The summed E-state index contributed by atoms with van der Waals surface area (Å²) in [6.07, 6.45) is 0.894. The van der Waals surface area contributed by atoms with Crippen LogP contribution in [0.5, 0.6) is 0 Å². The van der Waals surface area contributed by atoms with Gasteiger partial charge in [0.2, 0.25) is 5.92 Å². The second-order valence-electron chi connectivity index (χ2n) is 4.94. The summed E-state index contributed by atoms with van der Waals surface area (Å²) < 4.78 is 26.2. The van der Waals surface area contributed by atoms with Gasteiger partial charge in [0, 0.05) is 34.5 Å². The van der Waals surface area contributed by atoms with E-state index in [4.69, 9.17) is 28.9 Å². The van der Waals surface area contributed by atoms with Gasteiger partial charge in [-0.25, -0.2) is 8.78 Å². The summed E-state index contributed by atoms with van der Waals surface area (Å²) in [5.74, 6) is -2.59. The van der Waals surface area contributed by atoms with E-state index in [9.17, 15) is 8.78 Å². The zero-order valence-corrected chi connectivity index (χ0v) is 11.3. The fourth-order valence-corrected chi connectivity index (χ4v) is 3.26. The molecule has 2 N–H and O–H groups in total. The molecule has 0 aliphatic heterocycles. The first kappa shape index (κ1) is 14.0. The number of nitrogens with two attached hydrogens (primary N) is 1. The molecule has 0 aromatic heterocycles. The zero-order valence-electron chi connectivity index (χ0n) is 9.80. The zero-order chi connectivity index (χ0) is 13.3. The van der Waals surface area contributed by atoms with Crippen molar-refractivity contribution >= 4 is 23.2 Å². The van der Waals surface area contributed by atoms with E-state index in [1.165, 1.54) is 0 Å². The molecular formula is C13H15Cl2F2N. The van der Waals surface area contributed by atoms with Crippen molar-refractivity contribution in [1.82, 2.24) is 0 Å². The van der Waals surface area contributed by atoms with Gasteiger partial charge in [-0.15, -0.1) is 0 Å². The molecule has 0 spiro atoms. The van der Waals surface area contributed by atoms with Crippen LogP contribution in [0.2, 0.25) is 10.0 Å². The first-order valence-corrected chi connectivity index (χ1v) is 6.72. The molecule has 2 atom stereocenters. The monoisotopic (exact) mass is 293 g/mol. The Kier molecular flexibility index (Phi) is 4.15. The van der Waals surface area contributed by atoms with E-state index in [1.807, 2.05) is 0 Å². The molecular weight excluding hydrogens is 279 g/mol. The molecule has 0 amide bonds. The number of hydrogen-bond acceptors (Lipinski definition) is 1. The van der Waals surface area contributed by atoms with Gasteiger partial charge in [0.15, 0.2) is 0 Å². The smallest absolute Gasteiger partial charge is 0.248 e. The Morgan fingerprint density at radius 1 is 1.33 bits per heavy atom. The summed E-state index contributed by atoms with van der Waals surface area (Å²) in [6.45, 7) is 0. The molecule has 0 heterocycles. The lowest BCUT2D eigenvalue weighted by Crippen LogP contribution is -2.17. The number of alkyl halides is 2. The quantitative estimate of drug-likeness (QED) is 0.850. The number of benzene rings is 1. The minimum Gasteiger partial charge on any atom is -0.324 e. The summed E-state index contributed by atoms with van der Waals surface area (Å²) in [7, 11) is 0. The molecule has 2 rings (SSSR count). The van der Waals surface area contributed by atoms with Crippen molar-refractivity contribution in [3.8, 4) is 0 Å². The SMILES string of the molecule is NC(CC1CCC(F)(F)C1)c1c(Cl)cccc1Cl. The first-order chi connectivity index (χ1) is 8.39. The molecule has 1 aromatic carbocycles. The van der Waals surface area contributed by atoms with Gasteiger partial charge in [-0.2, -0.15) is 0 Å². The molecule has 18 heavy (non-hydrogen) atoms. The summed E-state index contributed by atoms with van der Waals surface area (Å²) in [5, 5.41) is 1.000. The fraction of sp³-hybridized carbons (Fsp3) is 0.538. The van der Waals surface area contributed by atoms with Crippen molar-refractivity contribution in [2.75, 3.05) is 0 Å². The molecule has 0 radical (unpaired) electrons. The molecule has 2 unspecified atom stereocenters. The second kappa shape index (κ2) is 5.32. The van der Waals surface area contributed by atoms with Crippen LogP contribution in [0.1, 0.15) is 37.3 Å². The molecule has 100 valence electrons. The fourth-order valence-electron chi connectivity index (χ4n) is 2.58. The maximum absolute atomic E-state index is 13.1. The van der Waals surface area contributed by atoms with E-state index in [0.29, 0.717) is 28.5 Å². The van der Waals surface area contributed by atoms with Gasteiger partial charge in [-0.05, 0) is 30.9 Å². The molecule has 1 aliphatic carbocycles. The molecule has 0 saturated heterocycles. The van der Waals surface area contributed by atoms with Gasteiger partial charge in [-0.1, -0.05) is 29.3 Å². The summed E-state index contributed by atoms with van der Waals surface area (Å²) in [5.41, 5.74) is 6.71. The number of halogens is 4. The van der Waals surface area contributed by atoms with Crippen molar-refractivity contribution in [2.24, 2.45) is 11.7 Å². The first-order valence-electron chi connectivity index (χ1n) is 5.96. The van der Waals surface area contributed by atoms with E-state index in [0.717, 1.165) is 0 Å². The van der Waals surface area contributed by atoms with E-state index >= 15 is 0 Å².